The number of alkyl halides is 1. The van der Waals surface area contributed by atoms with Crippen LogP contribution in [0, 0.1) is 0 Å². The highest BCUT2D eigenvalue weighted by molar-refractivity contribution is 7.49. The van der Waals surface area contributed by atoms with Crippen LogP contribution in [0.1, 0.15) is 27.7 Å². The van der Waals surface area contributed by atoms with E-state index in [4.69, 9.17) is 38.7 Å². The van der Waals surface area contributed by atoms with Crippen molar-refractivity contribution in [3.8, 4) is 0 Å². The Morgan fingerprint density at radius 3 is 1.20 bits per heavy atom. The predicted octanol–water partition coefficient (Wildman–Crippen LogP) is 3.90. The summed E-state index contributed by atoms with van der Waals surface area (Å²) < 4.78 is 53.1. The van der Waals surface area contributed by atoms with E-state index >= 15 is 0 Å². The minimum absolute atomic E-state index is 0.0788. The summed E-state index contributed by atoms with van der Waals surface area (Å²) in [6.45, 7) is 6.72. The van der Waals surface area contributed by atoms with Crippen LogP contribution in [0.2, 0.25) is 0 Å². The molecule has 0 saturated heterocycles. The van der Waals surface area contributed by atoms with E-state index < -0.39 is 21.4 Å². The molecule has 0 radical (unpaired) electrons. The van der Waals surface area contributed by atoms with Crippen molar-refractivity contribution in [3.05, 3.63) is 0 Å². The van der Waals surface area contributed by atoms with Gasteiger partial charge in [-0.05, 0) is 27.7 Å². The standard InChI is InChI=1S/C9H21ClO8P2/c1-5-13-19(11,14-6-2)17-9(10)18-20(12,15-7-3)16-8-4/h9H,5-8H2,1-4H3. The molecule has 0 aromatic heterocycles. The van der Waals surface area contributed by atoms with Crippen LogP contribution in [0.15, 0.2) is 0 Å². The quantitative estimate of drug-likeness (QED) is 0.296. The fraction of sp³-hybridized carbons (Fsp3) is 1.00. The Hall–Kier alpha value is 0.510. The summed E-state index contributed by atoms with van der Waals surface area (Å²) in [7, 11) is -7.78. The van der Waals surface area contributed by atoms with Gasteiger partial charge < -0.3 is 0 Å². The SMILES string of the molecule is CCOP(=O)(OCC)OC(Cl)OP(=O)(OCC)OCC. The second kappa shape index (κ2) is 10.3. The minimum Gasteiger partial charge on any atom is -0.287 e. The Kier molecular flexibility index (Phi) is 10.5. The molecule has 0 unspecified atom stereocenters. The number of rotatable bonds is 12. The molecule has 0 amide bonds. The van der Waals surface area contributed by atoms with E-state index in [0.29, 0.717) is 0 Å². The molecule has 0 heterocycles. The molecule has 8 nitrogen and oxygen atoms in total. The zero-order chi connectivity index (χ0) is 15.6. The van der Waals surface area contributed by atoms with Crippen LogP contribution in [0.3, 0.4) is 0 Å². The summed E-state index contributed by atoms with van der Waals surface area (Å²) in [5.41, 5.74) is 0. The average molecular weight is 355 g/mol. The average Bonchev–Trinajstić information content (AvgIpc) is 2.28. The van der Waals surface area contributed by atoms with Gasteiger partial charge in [0.1, 0.15) is 0 Å². The molecule has 0 saturated carbocycles. The first kappa shape index (κ1) is 20.5. The number of phosphoric ester groups is 2. The lowest BCUT2D eigenvalue weighted by Crippen LogP contribution is -2.12. The molecule has 0 aromatic carbocycles. The molecule has 0 fully saturated rings. The summed E-state index contributed by atoms with van der Waals surface area (Å²) >= 11 is 5.68. The summed E-state index contributed by atoms with van der Waals surface area (Å²) in [6, 6.07) is 0. The topological polar surface area (TPSA) is 89.5 Å². The van der Waals surface area contributed by atoms with Gasteiger partial charge in [-0.2, -0.15) is 0 Å². The Labute approximate surface area is 124 Å². The smallest absolute Gasteiger partial charge is 0.287 e. The maximum atomic E-state index is 12.0. The normalized spacial score (nSPS) is 13.1. The molecular weight excluding hydrogens is 333 g/mol. The van der Waals surface area contributed by atoms with E-state index in [2.05, 4.69) is 0 Å². The molecule has 0 atom stereocenters. The van der Waals surface area contributed by atoms with Crippen molar-refractivity contribution in [3.63, 3.8) is 0 Å². The van der Waals surface area contributed by atoms with Crippen molar-refractivity contribution in [1.82, 2.24) is 0 Å². The van der Waals surface area contributed by atoms with Gasteiger partial charge in [-0.15, -0.1) is 0 Å². The minimum atomic E-state index is -3.89. The largest absolute Gasteiger partial charge is 0.478 e. The molecule has 11 heteroatoms. The van der Waals surface area contributed by atoms with Gasteiger partial charge in [0.2, 0.25) is 0 Å². The Morgan fingerprint density at radius 1 is 0.750 bits per heavy atom. The van der Waals surface area contributed by atoms with Crippen LogP contribution in [-0.2, 0) is 36.3 Å². The van der Waals surface area contributed by atoms with Gasteiger partial charge in [0.05, 0.1) is 26.4 Å². The Morgan fingerprint density at radius 2 is 1.00 bits per heavy atom. The first-order chi connectivity index (χ1) is 9.34. The molecule has 0 aliphatic rings. The van der Waals surface area contributed by atoms with E-state index in [1.54, 1.807) is 27.7 Å². The van der Waals surface area contributed by atoms with Crippen molar-refractivity contribution in [2.75, 3.05) is 26.4 Å². The zero-order valence-electron chi connectivity index (χ0n) is 11.9. The van der Waals surface area contributed by atoms with Crippen LogP contribution in [0.25, 0.3) is 0 Å². The van der Waals surface area contributed by atoms with E-state index in [1.807, 2.05) is 0 Å². The second-order valence-electron chi connectivity index (χ2n) is 3.05. The molecule has 0 aromatic rings. The van der Waals surface area contributed by atoms with Gasteiger partial charge in [0.25, 0.3) is 5.75 Å². The fourth-order valence-electron chi connectivity index (χ4n) is 1.05. The summed E-state index contributed by atoms with van der Waals surface area (Å²) in [4.78, 5) is 0. The second-order valence-corrected chi connectivity index (χ2v) is 6.65. The van der Waals surface area contributed by atoms with E-state index in [9.17, 15) is 9.13 Å². The monoisotopic (exact) mass is 354 g/mol. The molecule has 0 spiro atoms. The molecule has 0 bridgehead atoms. The maximum Gasteiger partial charge on any atom is 0.478 e. The Bertz CT molecular complexity index is 301. The van der Waals surface area contributed by atoms with Gasteiger partial charge in [-0.3, -0.25) is 18.1 Å². The maximum absolute atomic E-state index is 12.0. The summed E-state index contributed by atoms with van der Waals surface area (Å²) in [6.07, 6.45) is 0. The van der Waals surface area contributed by atoms with Gasteiger partial charge in [0, 0.05) is 0 Å². The molecule has 0 aliphatic heterocycles. The van der Waals surface area contributed by atoms with Crippen molar-refractivity contribution < 1.29 is 36.3 Å². The van der Waals surface area contributed by atoms with Crippen molar-refractivity contribution in [2.24, 2.45) is 0 Å². The molecule has 20 heavy (non-hydrogen) atoms. The highest BCUT2D eigenvalue weighted by atomic mass is 35.5. The number of hydrogen-bond donors (Lipinski definition) is 0. The predicted molar refractivity (Wildman–Crippen MR) is 73.5 cm³/mol. The van der Waals surface area contributed by atoms with Gasteiger partial charge in [-0.1, -0.05) is 11.6 Å². The third kappa shape index (κ3) is 8.08. The van der Waals surface area contributed by atoms with Gasteiger partial charge >= 0.3 is 15.6 Å². The van der Waals surface area contributed by atoms with Crippen molar-refractivity contribution in [2.45, 2.75) is 33.4 Å². The number of halogens is 1. The molecule has 0 aliphatic carbocycles. The van der Waals surface area contributed by atoms with Crippen LogP contribution in [0.4, 0.5) is 0 Å². The fourth-order valence-corrected chi connectivity index (χ4v) is 3.85. The summed E-state index contributed by atoms with van der Waals surface area (Å²) in [5.74, 6) is -1.68. The van der Waals surface area contributed by atoms with E-state index in [0.717, 1.165) is 0 Å². The molecular formula is C9H21ClO8P2. The van der Waals surface area contributed by atoms with E-state index in [1.165, 1.54) is 0 Å². The van der Waals surface area contributed by atoms with Gasteiger partial charge in [0.15, 0.2) is 0 Å². The number of hydrogen-bond acceptors (Lipinski definition) is 8. The lowest BCUT2D eigenvalue weighted by molar-refractivity contribution is -0.00349. The van der Waals surface area contributed by atoms with E-state index in [-0.39, 0.29) is 26.4 Å². The van der Waals surface area contributed by atoms with Crippen LogP contribution in [0.5, 0.6) is 0 Å². The molecule has 0 N–H and O–H groups in total. The number of phosphoric acid groups is 2. The highest BCUT2D eigenvalue weighted by Gasteiger charge is 2.36. The first-order valence-electron chi connectivity index (χ1n) is 6.13. The van der Waals surface area contributed by atoms with Crippen LogP contribution < -0.4 is 0 Å². The highest BCUT2D eigenvalue weighted by Crippen LogP contribution is 2.56. The third-order valence-corrected chi connectivity index (χ3v) is 5.20. The van der Waals surface area contributed by atoms with Crippen molar-refractivity contribution >= 4 is 27.2 Å². The Balaban J connectivity index is 4.67. The van der Waals surface area contributed by atoms with Crippen molar-refractivity contribution in [1.29, 1.82) is 0 Å². The lowest BCUT2D eigenvalue weighted by Gasteiger charge is -2.22. The van der Waals surface area contributed by atoms with Crippen LogP contribution >= 0.6 is 27.2 Å². The zero-order valence-corrected chi connectivity index (χ0v) is 14.5. The molecule has 0 rings (SSSR count). The lowest BCUT2D eigenvalue weighted by atomic mass is 10.9. The first-order valence-corrected chi connectivity index (χ1v) is 9.49. The van der Waals surface area contributed by atoms with Crippen LogP contribution in [-0.4, -0.2) is 32.2 Å². The van der Waals surface area contributed by atoms with Gasteiger partial charge in [-0.25, -0.2) is 18.2 Å². The molecule has 122 valence electrons. The summed E-state index contributed by atoms with van der Waals surface area (Å²) in [5, 5.41) is 0. The third-order valence-electron chi connectivity index (χ3n) is 1.57.